The van der Waals surface area contributed by atoms with Crippen LogP contribution in [0, 0.1) is 0 Å². The molecule has 4 nitrogen and oxygen atoms in total. The number of hydrazone groups is 1. The first-order valence-corrected chi connectivity index (χ1v) is 4.94. The Hall–Kier alpha value is -1.71. The van der Waals surface area contributed by atoms with E-state index >= 15 is 0 Å². The lowest BCUT2D eigenvalue weighted by atomic mass is 10.1. The monoisotopic (exact) mass is 203 g/mol. The minimum atomic E-state index is -0.0158. The molecule has 1 aromatic heterocycles. The van der Waals surface area contributed by atoms with Crippen molar-refractivity contribution in [3.05, 3.63) is 30.1 Å². The second kappa shape index (κ2) is 3.81. The van der Waals surface area contributed by atoms with Gasteiger partial charge in [0.15, 0.2) is 0 Å². The first kappa shape index (κ1) is 9.83. The maximum Gasteiger partial charge on any atom is 0.248 e. The molecule has 0 fully saturated rings. The Kier molecular flexibility index (Phi) is 2.49. The molecule has 0 spiro atoms. The summed E-state index contributed by atoms with van der Waals surface area (Å²) in [5.41, 5.74) is 1.93. The maximum atomic E-state index is 11.6. The van der Waals surface area contributed by atoms with Crippen LogP contribution in [0.2, 0.25) is 0 Å². The maximum absolute atomic E-state index is 11.6. The Morgan fingerprint density at radius 1 is 1.40 bits per heavy atom. The molecular formula is C11H13N3O. The molecule has 2 rings (SSSR count). The third kappa shape index (κ3) is 1.88. The number of hydrogen-bond donors (Lipinski definition) is 0. The van der Waals surface area contributed by atoms with Crippen molar-refractivity contribution in [2.45, 2.75) is 26.3 Å². The standard InChI is InChI=1S/C11H13N3O/c1-8-7-11(15)14(13-8)9(2)10-3-5-12-6-4-10/h3-6,9H,7H2,1-2H3. The number of hydrogen-bond acceptors (Lipinski definition) is 3. The summed E-state index contributed by atoms with van der Waals surface area (Å²) in [5.74, 6) is 0.0665. The van der Waals surface area contributed by atoms with Crippen molar-refractivity contribution < 1.29 is 4.79 Å². The molecule has 0 aliphatic carbocycles. The summed E-state index contributed by atoms with van der Waals surface area (Å²) >= 11 is 0. The van der Waals surface area contributed by atoms with Crippen molar-refractivity contribution in [2.24, 2.45) is 5.10 Å². The average Bonchev–Trinajstić information content (AvgIpc) is 2.58. The van der Waals surface area contributed by atoms with Gasteiger partial charge in [0.2, 0.25) is 5.91 Å². The summed E-state index contributed by atoms with van der Waals surface area (Å²) < 4.78 is 0. The lowest BCUT2D eigenvalue weighted by Gasteiger charge is -2.20. The van der Waals surface area contributed by atoms with E-state index in [9.17, 15) is 4.79 Å². The molecule has 0 N–H and O–H groups in total. The van der Waals surface area contributed by atoms with Crippen LogP contribution < -0.4 is 0 Å². The Labute approximate surface area is 88.6 Å². The molecule has 1 unspecified atom stereocenters. The molecule has 15 heavy (non-hydrogen) atoms. The second-order valence-electron chi connectivity index (χ2n) is 3.71. The zero-order valence-electron chi connectivity index (χ0n) is 8.84. The molecule has 1 atom stereocenters. The topological polar surface area (TPSA) is 45.6 Å². The van der Waals surface area contributed by atoms with Gasteiger partial charge in [-0.15, -0.1) is 0 Å². The van der Waals surface area contributed by atoms with Crippen LogP contribution in [-0.4, -0.2) is 21.6 Å². The molecule has 78 valence electrons. The highest BCUT2D eigenvalue weighted by Crippen LogP contribution is 2.23. The lowest BCUT2D eigenvalue weighted by Crippen LogP contribution is -2.24. The minimum absolute atomic E-state index is 0.0158. The molecule has 1 amide bonds. The first-order chi connectivity index (χ1) is 7.18. The number of nitrogens with zero attached hydrogens (tertiary/aromatic N) is 3. The Morgan fingerprint density at radius 3 is 2.60 bits per heavy atom. The summed E-state index contributed by atoms with van der Waals surface area (Å²) in [6, 6.07) is 3.79. The van der Waals surface area contributed by atoms with Crippen LogP contribution in [0.5, 0.6) is 0 Å². The third-order valence-electron chi connectivity index (χ3n) is 2.50. The van der Waals surface area contributed by atoms with Crippen LogP contribution in [0.15, 0.2) is 29.6 Å². The van der Waals surface area contributed by atoms with Crippen molar-refractivity contribution in [1.29, 1.82) is 0 Å². The smallest absolute Gasteiger partial charge is 0.248 e. The van der Waals surface area contributed by atoms with Crippen LogP contribution >= 0.6 is 0 Å². The summed E-state index contributed by atoms with van der Waals surface area (Å²) in [6.07, 6.45) is 3.89. The Balaban J connectivity index is 2.22. The van der Waals surface area contributed by atoms with Crippen LogP contribution in [0.3, 0.4) is 0 Å². The number of amides is 1. The van der Waals surface area contributed by atoms with Gasteiger partial charge in [-0.3, -0.25) is 9.78 Å². The first-order valence-electron chi connectivity index (χ1n) is 4.94. The molecule has 1 aromatic rings. The summed E-state index contributed by atoms with van der Waals surface area (Å²) in [7, 11) is 0. The van der Waals surface area contributed by atoms with Gasteiger partial charge < -0.3 is 0 Å². The van der Waals surface area contributed by atoms with Crippen molar-refractivity contribution in [3.63, 3.8) is 0 Å². The average molecular weight is 203 g/mol. The van der Waals surface area contributed by atoms with E-state index in [1.807, 2.05) is 26.0 Å². The number of carbonyl (C=O) groups excluding carboxylic acids is 1. The van der Waals surface area contributed by atoms with Gasteiger partial charge in [-0.2, -0.15) is 5.10 Å². The van der Waals surface area contributed by atoms with E-state index in [2.05, 4.69) is 10.1 Å². The minimum Gasteiger partial charge on any atom is -0.273 e. The Bertz CT molecular complexity index is 400. The van der Waals surface area contributed by atoms with Gasteiger partial charge in [0.25, 0.3) is 0 Å². The van der Waals surface area contributed by atoms with Crippen molar-refractivity contribution in [2.75, 3.05) is 0 Å². The van der Waals surface area contributed by atoms with Crippen LogP contribution in [0.1, 0.15) is 31.9 Å². The highest BCUT2D eigenvalue weighted by atomic mass is 16.2. The fourth-order valence-electron chi connectivity index (χ4n) is 1.66. The third-order valence-corrected chi connectivity index (χ3v) is 2.50. The predicted molar refractivity (Wildman–Crippen MR) is 57.2 cm³/mol. The van der Waals surface area contributed by atoms with E-state index in [0.717, 1.165) is 11.3 Å². The molecule has 0 aromatic carbocycles. The molecule has 4 heteroatoms. The predicted octanol–water partition coefficient (Wildman–Crippen LogP) is 1.75. The SMILES string of the molecule is CC1=NN(C(C)c2ccncc2)C(=O)C1. The number of rotatable bonds is 2. The van der Waals surface area contributed by atoms with E-state index in [1.165, 1.54) is 0 Å². The quantitative estimate of drug-likeness (QED) is 0.735. The zero-order chi connectivity index (χ0) is 10.8. The summed E-state index contributed by atoms with van der Waals surface area (Å²) in [5, 5.41) is 5.77. The van der Waals surface area contributed by atoms with E-state index in [1.54, 1.807) is 17.4 Å². The summed E-state index contributed by atoms with van der Waals surface area (Å²) in [6.45, 7) is 3.84. The largest absolute Gasteiger partial charge is 0.273 e. The highest BCUT2D eigenvalue weighted by Gasteiger charge is 2.26. The van der Waals surface area contributed by atoms with Gasteiger partial charge >= 0.3 is 0 Å². The zero-order valence-corrected chi connectivity index (χ0v) is 8.84. The summed E-state index contributed by atoms with van der Waals surface area (Å²) in [4.78, 5) is 15.5. The highest BCUT2D eigenvalue weighted by molar-refractivity contribution is 6.03. The van der Waals surface area contributed by atoms with E-state index in [-0.39, 0.29) is 11.9 Å². The fraction of sp³-hybridized carbons (Fsp3) is 0.364. The van der Waals surface area contributed by atoms with Gasteiger partial charge in [0, 0.05) is 18.1 Å². The van der Waals surface area contributed by atoms with E-state index in [0.29, 0.717) is 6.42 Å². The fourth-order valence-corrected chi connectivity index (χ4v) is 1.66. The van der Waals surface area contributed by atoms with Crippen molar-refractivity contribution in [1.82, 2.24) is 9.99 Å². The number of pyridine rings is 1. The van der Waals surface area contributed by atoms with Gasteiger partial charge in [-0.25, -0.2) is 5.01 Å². The molecule has 1 aliphatic rings. The lowest BCUT2D eigenvalue weighted by molar-refractivity contribution is -0.130. The molecule has 2 heterocycles. The number of carbonyl (C=O) groups is 1. The van der Waals surface area contributed by atoms with Gasteiger partial charge in [0.1, 0.15) is 0 Å². The van der Waals surface area contributed by atoms with Gasteiger partial charge in [-0.05, 0) is 31.5 Å². The van der Waals surface area contributed by atoms with Crippen molar-refractivity contribution >= 4 is 11.6 Å². The van der Waals surface area contributed by atoms with E-state index < -0.39 is 0 Å². The van der Waals surface area contributed by atoms with Gasteiger partial charge in [-0.1, -0.05) is 0 Å². The molecule has 1 aliphatic heterocycles. The van der Waals surface area contributed by atoms with Crippen LogP contribution in [0.4, 0.5) is 0 Å². The van der Waals surface area contributed by atoms with Crippen LogP contribution in [0.25, 0.3) is 0 Å². The van der Waals surface area contributed by atoms with Crippen LogP contribution in [-0.2, 0) is 4.79 Å². The van der Waals surface area contributed by atoms with Crippen molar-refractivity contribution in [3.8, 4) is 0 Å². The molecule has 0 saturated carbocycles. The second-order valence-corrected chi connectivity index (χ2v) is 3.71. The molecular weight excluding hydrogens is 190 g/mol. The van der Waals surface area contributed by atoms with Gasteiger partial charge in [0.05, 0.1) is 12.5 Å². The molecule has 0 saturated heterocycles. The number of aromatic nitrogens is 1. The normalized spacial score (nSPS) is 17.9. The Morgan fingerprint density at radius 2 is 2.07 bits per heavy atom. The molecule has 0 radical (unpaired) electrons. The van der Waals surface area contributed by atoms with E-state index in [4.69, 9.17) is 0 Å². The molecule has 0 bridgehead atoms.